The van der Waals surface area contributed by atoms with Gasteiger partial charge in [-0.25, -0.2) is 4.98 Å². The molecule has 1 fully saturated rings. The topological polar surface area (TPSA) is 41.4 Å². The molecule has 0 amide bonds. The normalized spacial score (nSPS) is 16.5. The summed E-state index contributed by atoms with van der Waals surface area (Å²) in [6.45, 7) is 14.3. The highest BCUT2D eigenvalue weighted by molar-refractivity contribution is 8.03. The van der Waals surface area contributed by atoms with E-state index in [0.29, 0.717) is 54.5 Å². The average molecular weight is 515 g/mol. The molecule has 34 heavy (non-hydrogen) atoms. The molecule has 2 rings (SSSR count). The van der Waals surface area contributed by atoms with Crippen LogP contribution in [0.1, 0.15) is 26.3 Å². The maximum Gasteiger partial charge on any atom is 0.417 e. The van der Waals surface area contributed by atoms with Crippen molar-refractivity contribution in [3.63, 3.8) is 0 Å². The van der Waals surface area contributed by atoms with Gasteiger partial charge in [-0.05, 0) is 39.8 Å². The fourth-order valence-electron chi connectivity index (χ4n) is 3.44. The lowest BCUT2D eigenvalue weighted by atomic mass is 10.2. The minimum Gasteiger partial charge on any atom is -0.368 e. The smallest absolute Gasteiger partial charge is 0.368 e. The Kier molecular flexibility index (Phi) is 10.1. The van der Waals surface area contributed by atoms with Gasteiger partial charge in [0.2, 0.25) is 0 Å². The molecule has 1 aliphatic heterocycles. The number of piperazine rings is 1. The van der Waals surface area contributed by atoms with Crippen molar-refractivity contribution < 1.29 is 13.2 Å². The summed E-state index contributed by atoms with van der Waals surface area (Å²) in [5.74, 6) is 0. The Morgan fingerprint density at radius 2 is 1.85 bits per heavy atom. The molecular weight excluding hydrogens is 485 g/mol. The van der Waals surface area contributed by atoms with Crippen LogP contribution in [0, 0.1) is 6.92 Å². The van der Waals surface area contributed by atoms with Crippen molar-refractivity contribution in [3.8, 4) is 0 Å². The third-order valence-electron chi connectivity index (χ3n) is 5.42. The molecule has 0 N–H and O–H groups in total. The van der Waals surface area contributed by atoms with Crippen LogP contribution in [0.4, 0.5) is 13.2 Å². The zero-order chi connectivity index (χ0) is 25.5. The molecule has 1 saturated heterocycles. The standard InChI is InChI=1S/C24H30ClF3N4OS/c1-6-9-20(14-19(15-25)24(26,27)28)32-12-10-31(11-13-32)18(5)21(7-2)34-22-17(4)23(33)30(8-3)16-29-22/h6-7,9,14-16H,5,8,10-13H2,1-4H3/b9-6-,19-15-,20-14+,21-7+. The maximum atomic E-state index is 13.2. The van der Waals surface area contributed by atoms with Crippen LogP contribution in [-0.4, -0.2) is 51.7 Å². The van der Waals surface area contributed by atoms with Crippen LogP contribution in [0.25, 0.3) is 0 Å². The van der Waals surface area contributed by atoms with Gasteiger partial charge in [-0.15, -0.1) is 0 Å². The summed E-state index contributed by atoms with van der Waals surface area (Å²) in [4.78, 5) is 21.7. The number of nitrogens with zero attached hydrogens (tertiary/aromatic N) is 4. The van der Waals surface area contributed by atoms with Crippen molar-refractivity contribution in [2.75, 3.05) is 26.2 Å². The lowest BCUT2D eigenvalue weighted by Crippen LogP contribution is -2.45. The molecule has 186 valence electrons. The Bertz CT molecular complexity index is 1060. The number of halogens is 4. The van der Waals surface area contributed by atoms with Crippen molar-refractivity contribution >= 4 is 23.4 Å². The van der Waals surface area contributed by atoms with E-state index in [9.17, 15) is 18.0 Å². The van der Waals surface area contributed by atoms with Crippen LogP contribution in [0.3, 0.4) is 0 Å². The zero-order valence-electron chi connectivity index (χ0n) is 19.8. The number of thioether (sulfide) groups is 1. The number of allylic oxidation sites excluding steroid dienone is 5. The summed E-state index contributed by atoms with van der Waals surface area (Å²) >= 11 is 6.82. The molecule has 0 aromatic carbocycles. The van der Waals surface area contributed by atoms with Crippen molar-refractivity contribution in [1.29, 1.82) is 0 Å². The lowest BCUT2D eigenvalue weighted by Gasteiger charge is -2.39. The average Bonchev–Trinajstić information content (AvgIpc) is 2.81. The maximum absolute atomic E-state index is 13.2. The Labute approximate surface area is 208 Å². The Morgan fingerprint density at radius 1 is 1.24 bits per heavy atom. The fourth-order valence-corrected chi connectivity index (χ4v) is 4.54. The van der Waals surface area contributed by atoms with Crippen LogP contribution in [0.15, 0.2) is 74.4 Å². The minimum absolute atomic E-state index is 0.0674. The largest absolute Gasteiger partial charge is 0.417 e. The van der Waals surface area contributed by atoms with Gasteiger partial charge in [0, 0.05) is 60.1 Å². The van der Waals surface area contributed by atoms with E-state index in [-0.39, 0.29) is 5.56 Å². The fraction of sp³-hybridized carbons (Fsp3) is 0.417. The summed E-state index contributed by atoms with van der Waals surface area (Å²) in [5, 5.41) is 0.633. The van der Waals surface area contributed by atoms with Gasteiger partial charge >= 0.3 is 6.18 Å². The number of hydrogen-bond donors (Lipinski definition) is 0. The SMILES string of the molecule is C=C(/C(=C\C)Sc1ncn(CC)c(=O)c1C)N1CCN(C(/C=C\C)=C/C(=C/Cl)C(F)(F)F)CC1. The molecular formula is C24H30ClF3N4OS. The first-order valence-corrected chi connectivity index (χ1v) is 12.1. The molecule has 0 saturated carbocycles. The second kappa shape index (κ2) is 12.4. The highest BCUT2D eigenvalue weighted by atomic mass is 35.5. The molecule has 0 radical (unpaired) electrons. The molecule has 0 unspecified atom stereocenters. The molecule has 1 aliphatic rings. The second-order valence-electron chi connectivity index (χ2n) is 7.57. The van der Waals surface area contributed by atoms with E-state index in [1.54, 1.807) is 36.9 Å². The second-order valence-corrected chi connectivity index (χ2v) is 8.82. The van der Waals surface area contributed by atoms with Crippen LogP contribution in [0.2, 0.25) is 0 Å². The summed E-state index contributed by atoms with van der Waals surface area (Å²) in [7, 11) is 0. The van der Waals surface area contributed by atoms with Crippen molar-refractivity contribution in [2.24, 2.45) is 0 Å². The zero-order valence-corrected chi connectivity index (χ0v) is 21.4. The molecule has 2 heterocycles. The Hall–Kier alpha value is -2.39. The summed E-state index contributed by atoms with van der Waals surface area (Å²) in [6, 6.07) is 0. The molecule has 5 nitrogen and oxygen atoms in total. The van der Waals surface area contributed by atoms with E-state index in [4.69, 9.17) is 11.6 Å². The van der Waals surface area contributed by atoms with Gasteiger partial charge < -0.3 is 9.80 Å². The summed E-state index contributed by atoms with van der Waals surface area (Å²) in [6.07, 6.45) is 3.38. The quantitative estimate of drug-likeness (QED) is 0.247. The van der Waals surface area contributed by atoms with Gasteiger partial charge in [0.15, 0.2) is 0 Å². The number of aryl methyl sites for hydroxylation is 1. The molecule has 10 heteroatoms. The molecule has 1 aromatic rings. The van der Waals surface area contributed by atoms with Gasteiger partial charge in [-0.3, -0.25) is 9.36 Å². The highest BCUT2D eigenvalue weighted by Gasteiger charge is 2.33. The van der Waals surface area contributed by atoms with Gasteiger partial charge in [0.25, 0.3) is 5.56 Å². The van der Waals surface area contributed by atoms with E-state index >= 15 is 0 Å². The van der Waals surface area contributed by atoms with E-state index in [1.165, 1.54) is 11.8 Å². The summed E-state index contributed by atoms with van der Waals surface area (Å²) in [5.41, 5.74) is 1.43. The molecule has 1 aromatic heterocycles. The van der Waals surface area contributed by atoms with Gasteiger partial charge in [-0.2, -0.15) is 13.2 Å². The van der Waals surface area contributed by atoms with Crippen molar-refractivity contribution in [2.45, 2.75) is 45.4 Å². The Morgan fingerprint density at radius 3 is 2.35 bits per heavy atom. The van der Waals surface area contributed by atoms with Crippen molar-refractivity contribution in [1.82, 2.24) is 19.4 Å². The third-order valence-corrected chi connectivity index (χ3v) is 6.95. The molecule has 0 spiro atoms. The van der Waals surface area contributed by atoms with Crippen LogP contribution in [-0.2, 0) is 6.54 Å². The summed E-state index contributed by atoms with van der Waals surface area (Å²) < 4.78 is 41.1. The van der Waals surface area contributed by atoms with Gasteiger partial charge in [0.1, 0.15) is 5.03 Å². The monoisotopic (exact) mass is 514 g/mol. The van der Waals surface area contributed by atoms with E-state index in [1.807, 2.05) is 24.8 Å². The minimum atomic E-state index is -4.52. The predicted octanol–water partition coefficient (Wildman–Crippen LogP) is 5.84. The van der Waals surface area contributed by atoms with Crippen molar-refractivity contribution in [3.05, 3.63) is 80.5 Å². The highest BCUT2D eigenvalue weighted by Crippen LogP contribution is 2.33. The van der Waals surface area contributed by atoms with E-state index in [0.717, 1.165) is 16.7 Å². The number of hydrogen-bond acceptors (Lipinski definition) is 5. The van der Waals surface area contributed by atoms with Gasteiger partial charge in [-0.1, -0.05) is 42.1 Å². The number of rotatable bonds is 8. The van der Waals surface area contributed by atoms with Crippen LogP contribution < -0.4 is 5.56 Å². The van der Waals surface area contributed by atoms with E-state index in [2.05, 4.69) is 16.5 Å². The third kappa shape index (κ3) is 6.82. The van der Waals surface area contributed by atoms with Crippen LogP contribution in [0.5, 0.6) is 0 Å². The predicted molar refractivity (Wildman–Crippen MR) is 134 cm³/mol. The molecule has 0 bridgehead atoms. The number of alkyl halides is 3. The first-order valence-electron chi connectivity index (χ1n) is 10.9. The van der Waals surface area contributed by atoms with Gasteiger partial charge in [0.05, 0.1) is 11.9 Å². The van der Waals surface area contributed by atoms with E-state index < -0.39 is 11.7 Å². The first-order chi connectivity index (χ1) is 16.1. The molecule has 0 atom stereocenters. The Balaban J connectivity index is 2.13. The lowest BCUT2D eigenvalue weighted by molar-refractivity contribution is -0.0881. The van der Waals surface area contributed by atoms with Crippen LogP contribution >= 0.6 is 23.4 Å². The molecule has 0 aliphatic carbocycles. The first kappa shape index (κ1) is 27.9. The number of aromatic nitrogens is 2.